The van der Waals surface area contributed by atoms with Crippen molar-refractivity contribution in [2.24, 2.45) is 0 Å². The SMILES string of the molecule is CCO/C=C(\Br)C=O. The van der Waals surface area contributed by atoms with E-state index >= 15 is 0 Å². The highest BCUT2D eigenvalue weighted by Gasteiger charge is 1.82. The molecule has 0 aromatic rings. The van der Waals surface area contributed by atoms with E-state index in [1.54, 1.807) is 0 Å². The van der Waals surface area contributed by atoms with Gasteiger partial charge in [-0.1, -0.05) is 0 Å². The van der Waals surface area contributed by atoms with Gasteiger partial charge in [0.05, 0.1) is 11.1 Å². The average Bonchev–Trinajstić information content (AvgIpc) is 1.83. The van der Waals surface area contributed by atoms with Crippen LogP contribution in [0, 0.1) is 0 Å². The predicted octanol–water partition coefficient (Wildman–Crippen LogP) is 1.46. The topological polar surface area (TPSA) is 26.3 Å². The van der Waals surface area contributed by atoms with E-state index in [4.69, 9.17) is 4.74 Å². The maximum Gasteiger partial charge on any atom is 0.160 e. The van der Waals surface area contributed by atoms with Crippen molar-refractivity contribution < 1.29 is 9.53 Å². The molecule has 0 aromatic carbocycles. The molecule has 0 rings (SSSR count). The number of hydrogen-bond acceptors (Lipinski definition) is 2. The third-order valence-corrected chi connectivity index (χ3v) is 0.849. The molecule has 46 valence electrons. The van der Waals surface area contributed by atoms with Crippen molar-refractivity contribution in [2.45, 2.75) is 6.92 Å². The van der Waals surface area contributed by atoms with E-state index in [0.717, 1.165) is 0 Å². The number of aldehydes is 1. The maximum atomic E-state index is 9.82. The van der Waals surface area contributed by atoms with E-state index in [9.17, 15) is 4.79 Å². The number of allylic oxidation sites excluding steroid dienone is 1. The molecule has 0 saturated heterocycles. The average molecular weight is 179 g/mol. The summed E-state index contributed by atoms with van der Waals surface area (Å²) in [6, 6.07) is 0. The van der Waals surface area contributed by atoms with Gasteiger partial charge in [-0.05, 0) is 22.9 Å². The van der Waals surface area contributed by atoms with Crippen LogP contribution >= 0.6 is 15.9 Å². The Bertz CT molecular complexity index is 98.6. The minimum atomic E-state index is 0.430. The Balaban J connectivity index is 3.40. The highest BCUT2D eigenvalue weighted by atomic mass is 79.9. The number of carbonyl (C=O) groups excluding carboxylic acids is 1. The van der Waals surface area contributed by atoms with Crippen LogP contribution < -0.4 is 0 Å². The summed E-state index contributed by atoms with van der Waals surface area (Å²) in [5.74, 6) is 0. The third-order valence-electron chi connectivity index (χ3n) is 0.475. The second-order valence-electron chi connectivity index (χ2n) is 1.08. The van der Waals surface area contributed by atoms with E-state index in [2.05, 4.69) is 15.9 Å². The van der Waals surface area contributed by atoms with Crippen LogP contribution in [0.1, 0.15) is 6.92 Å². The van der Waals surface area contributed by atoms with E-state index in [1.165, 1.54) is 6.26 Å². The van der Waals surface area contributed by atoms with Crippen molar-refractivity contribution in [2.75, 3.05) is 6.61 Å². The smallest absolute Gasteiger partial charge is 0.160 e. The van der Waals surface area contributed by atoms with E-state index in [1.807, 2.05) is 6.92 Å². The highest BCUT2D eigenvalue weighted by molar-refractivity contribution is 9.12. The van der Waals surface area contributed by atoms with Crippen LogP contribution in [-0.4, -0.2) is 12.9 Å². The fourth-order valence-electron chi connectivity index (χ4n) is 0.191. The van der Waals surface area contributed by atoms with Crippen LogP contribution in [0.2, 0.25) is 0 Å². The second kappa shape index (κ2) is 4.84. The Kier molecular flexibility index (Phi) is 4.65. The molecule has 0 aliphatic carbocycles. The van der Waals surface area contributed by atoms with Gasteiger partial charge in [0.25, 0.3) is 0 Å². The molecular formula is C5H7BrO2. The molecule has 0 amide bonds. The van der Waals surface area contributed by atoms with Gasteiger partial charge in [0.2, 0.25) is 0 Å². The standard InChI is InChI=1S/C5H7BrO2/c1-2-8-4-5(6)3-7/h3-4H,2H2,1H3/b5-4-. The molecular weight excluding hydrogens is 172 g/mol. The molecule has 0 aromatic heterocycles. The molecule has 0 N–H and O–H groups in total. The lowest BCUT2D eigenvalue weighted by atomic mass is 10.7. The van der Waals surface area contributed by atoms with Gasteiger partial charge in [-0.25, -0.2) is 0 Å². The first kappa shape index (κ1) is 7.69. The molecule has 0 aliphatic heterocycles. The monoisotopic (exact) mass is 178 g/mol. The summed E-state index contributed by atoms with van der Waals surface area (Å²) < 4.78 is 5.18. The summed E-state index contributed by atoms with van der Waals surface area (Å²) in [6.07, 6.45) is 2.04. The molecule has 0 atom stereocenters. The second-order valence-corrected chi connectivity index (χ2v) is 1.99. The van der Waals surface area contributed by atoms with Gasteiger partial charge in [-0.3, -0.25) is 4.79 Å². The normalized spacial score (nSPS) is 11.0. The minimum Gasteiger partial charge on any atom is -0.500 e. The summed E-state index contributed by atoms with van der Waals surface area (Å²) in [5, 5.41) is 0. The number of carbonyl (C=O) groups is 1. The van der Waals surface area contributed by atoms with Gasteiger partial charge in [-0.2, -0.15) is 0 Å². The zero-order valence-electron chi connectivity index (χ0n) is 4.56. The lowest BCUT2D eigenvalue weighted by Gasteiger charge is -1.89. The fourth-order valence-corrected chi connectivity index (χ4v) is 0.323. The molecule has 2 nitrogen and oxygen atoms in total. The predicted molar refractivity (Wildman–Crippen MR) is 34.7 cm³/mol. The molecule has 0 radical (unpaired) electrons. The van der Waals surface area contributed by atoms with Gasteiger partial charge >= 0.3 is 0 Å². The van der Waals surface area contributed by atoms with E-state index in [0.29, 0.717) is 17.4 Å². The molecule has 0 unspecified atom stereocenters. The van der Waals surface area contributed by atoms with Crippen molar-refractivity contribution >= 4 is 22.2 Å². The summed E-state index contributed by atoms with van der Waals surface area (Å²) in [7, 11) is 0. The van der Waals surface area contributed by atoms with Crippen LogP contribution in [0.15, 0.2) is 10.7 Å². The molecule has 0 bridgehead atoms. The number of ether oxygens (including phenoxy) is 1. The first-order valence-corrected chi connectivity index (χ1v) is 3.03. The molecule has 8 heavy (non-hydrogen) atoms. The lowest BCUT2D eigenvalue weighted by Crippen LogP contribution is -1.79. The van der Waals surface area contributed by atoms with Crippen molar-refractivity contribution in [3.63, 3.8) is 0 Å². The van der Waals surface area contributed by atoms with Crippen LogP contribution in [0.3, 0.4) is 0 Å². The Hall–Kier alpha value is -0.310. The summed E-state index contributed by atoms with van der Waals surface area (Å²) in [4.78, 5) is 9.82. The molecule has 3 heteroatoms. The molecule has 0 spiro atoms. The van der Waals surface area contributed by atoms with Crippen LogP contribution in [0.4, 0.5) is 0 Å². The zero-order valence-corrected chi connectivity index (χ0v) is 6.14. The number of halogens is 1. The lowest BCUT2D eigenvalue weighted by molar-refractivity contribution is -0.104. The number of hydrogen-bond donors (Lipinski definition) is 0. The first-order valence-electron chi connectivity index (χ1n) is 2.23. The fraction of sp³-hybridized carbons (Fsp3) is 0.400. The van der Waals surface area contributed by atoms with Gasteiger partial charge in [0, 0.05) is 0 Å². The van der Waals surface area contributed by atoms with Gasteiger partial charge in [-0.15, -0.1) is 0 Å². The van der Waals surface area contributed by atoms with E-state index in [-0.39, 0.29) is 0 Å². The number of rotatable bonds is 3. The Labute approximate surface area is 56.7 Å². The molecule has 0 heterocycles. The van der Waals surface area contributed by atoms with Crippen molar-refractivity contribution in [1.82, 2.24) is 0 Å². The largest absolute Gasteiger partial charge is 0.500 e. The van der Waals surface area contributed by atoms with Crippen LogP contribution in [0.25, 0.3) is 0 Å². The third kappa shape index (κ3) is 3.87. The maximum absolute atomic E-state index is 9.82. The van der Waals surface area contributed by atoms with E-state index < -0.39 is 0 Å². The minimum absolute atomic E-state index is 0.430. The van der Waals surface area contributed by atoms with Crippen LogP contribution in [-0.2, 0) is 9.53 Å². The zero-order chi connectivity index (χ0) is 6.41. The summed E-state index contributed by atoms with van der Waals surface area (Å²) in [6.45, 7) is 2.44. The molecule has 0 saturated carbocycles. The molecule has 0 fully saturated rings. The van der Waals surface area contributed by atoms with Gasteiger partial charge < -0.3 is 4.74 Å². The Morgan fingerprint density at radius 2 is 2.50 bits per heavy atom. The summed E-state index contributed by atoms with van der Waals surface area (Å²) in [5.41, 5.74) is 0. The van der Waals surface area contributed by atoms with Gasteiger partial charge in [0.15, 0.2) is 6.29 Å². The van der Waals surface area contributed by atoms with Crippen molar-refractivity contribution in [3.05, 3.63) is 10.7 Å². The Morgan fingerprint density at radius 3 is 2.88 bits per heavy atom. The Morgan fingerprint density at radius 1 is 1.88 bits per heavy atom. The summed E-state index contributed by atoms with van der Waals surface area (Å²) >= 11 is 2.95. The van der Waals surface area contributed by atoms with Crippen molar-refractivity contribution in [1.29, 1.82) is 0 Å². The highest BCUT2D eigenvalue weighted by Crippen LogP contribution is 1.98. The molecule has 0 aliphatic rings. The van der Waals surface area contributed by atoms with Gasteiger partial charge in [0.1, 0.15) is 6.26 Å². The first-order chi connectivity index (χ1) is 3.81. The quantitative estimate of drug-likeness (QED) is 0.372. The van der Waals surface area contributed by atoms with Crippen LogP contribution in [0.5, 0.6) is 0 Å². The van der Waals surface area contributed by atoms with Crippen molar-refractivity contribution in [3.8, 4) is 0 Å².